The van der Waals surface area contributed by atoms with Crippen LogP contribution in [0.2, 0.25) is 0 Å². The molecule has 8 heteroatoms. The van der Waals surface area contributed by atoms with Crippen molar-refractivity contribution in [3.8, 4) is 6.07 Å². The fraction of sp³-hybridized carbons (Fsp3) is 0.333. The number of esters is 1. The van der Waals surface area contributed by atoms with Crippen LogP contribution in [0.5, 0.6) is 0 Å². The first-order valence-corrected chi connectivity index (χ1v) is 5.63. The minimum absolute atomic E-state index is 0.0218. The summed E-state index contributed by atoms with van der Waals surface area (Å²) in [4.78, 5) is 21.2. The molecule has 1 aromatic rings. The number of non-ortho nitro benzene ring substituents is 1. The number of hydrogen-bond acceptors (Lipinski definition) is 7. The Morgan fingerprint density at radius 1 is 1.55 bits per heavy atom. The van der Waals surface area contributed by atoms with E-state index in [9.17, 15) is 25.1 Å². The molecule has 20 heavy (non-hydrogen) atoms. The molecule has 0 bridgehead atoms. The number of benzene rings is 1. The number of aliphatic hydroxyl groups is 2. The maximum absolute atomic E-state index is 11.3. The van der Waals surface area contributed by atoms with Crippen LogP contribution in [0, 0.1) is 21.4 Å². The predicted molar refractivity (Wildman–Crippen MR) is 65.4 cm³/mol. The quantitative estimate of drug-likeness (QED) is 0.453. The van der Waals surface area contributed by atoms with Crippen molar-refractivity contribution in [3.63, 3.8) is 0 Å². The molecular formula is C12H12N2O6. The highest BCUT2D eigenvalue weighted by atomic mass is 16.6. The number of hydrogen-bond donors (Lipinski definition) is 2. The van der Waals surface area contributed by atoms with Crippen molar-refractivity contribution >= 4 is 11.7 Å². The van der Waals surface area contributed by atoms with Crippen LogP contribution in [-0.4, -0.2) is 33.8 Å². The minimum Gasteiger partial charge on any atom is -0.464 e. The molecule has 0 aromatic heterocycles. The molecule has 0 aliphatic heterocycles. The molecule has 0 radical (unpaired) electrons. The maximum atomic E-state index is 11.3. The zero-order valence-corrected chi connectivity index (χ0v) is 10.5. The van der Waals surface area contributed by atoms with Gasteiger partial charge in [-0.1, -0.05) is 0 Å². The lowest BCUT2D eigenvalue weighted by molar-refractivity contribution is -0.384. The number of carbonyl (C=O) groups is 1. The van der Waals surface area contributed by atoms with Gasteiger partial charge in [0.2, 0.25) is 0 Å². The smallest absolute Gasteiger partial charge is 0.338 e. The number of nitrogens with zero attached hydrogens (tertiary/aromatic N) is 2. The third-order valence-electron chi connectivity index (χ3n) is 2.51. The molecule has 106 valence electrons. The Bertz CT molecular complexity index is 566. The van der Waals surface area contributed by atoms with Crippen molar-refractivity contribution in [3.05, 3.63) is 39.4 Å². The first-order chi connectivity index (χ1) is 9.42. The van der Waals surface area contributed by atoms with Crippen LogP contribution in [0.1, 0.15) is 24.2 Å². The molecule has 0 heterocycles. The lowest BCUT2D eigenvalue weighted by Gasteiger charge is -2.17. The van der Waals surface area contributed by atoms with Crippen molar-refractivity contribution in [1.82, 2.24) is 0 Å². The van der Waals surface area contributed by atoms with E-state index in [1.807, 2.05) is 0 Å². The lowest BCUT2D eigenvalue weighted by Crippen LogP contribution is -2.30. The van der Waals surface area contributed by atoms with Gasteiger partial charge in [0.15, 0.2) is 6.10 Å². The van der Waals surface area contributed by atoms with Gasteiger partial charge in [-0.25, -0.2) is 4.79 Å². The first kappa shape index (κ1) is 15.6. The average molecular weight is 280 g/mol. The molecule has 1 aromatic carbocycles. The van der Waals surface area contributed by atoms with Gasteiger partial charge in [-0.2, -0.15) is 5.26 Å². The number of rotatable bonds is 5. The molecule has 8 nitrogen and oxygen atoms in total. The van der Waals surface area contributed by atoms with E-state index in [2.05, 4.69) is 4.74 Å². The molecule has 0 saturated carbocycles. The second kappa shape index (κ2) is 6.60. The Hall–Kier alpha value is -2.50. The monoisotopic (exact) mass is 280 g/mol. The largest absolute Gasteiger partial charge is 0.464 e. The van der Waals surface area contributed by atoms with E-state index < -0.39 is 23.1 Å². The van der Waals surface area contributed by atoms with Crippen LogP contribution >= 0.6 is 0 Å². The highest BCUT2D eigenvalue weighted by Gasteiger charge is 2.29. The summed E-state index contributed by atoms with van der Waals surface area (Å²) >= 11 is 0. The second-order valence-electron chi connectivity index (χ2n) is 3.78. The molecule has 2 unspecified atom stereocenters. The van der Waals surface area contributed by atoms with Gasteiger partial charge in [0.05, 0.1) is 23.2 Å². The standard InChI is InChI=1S/C12H12N2O6/c1-2-20-12(17)11(16)10(15)9-4-3-8(14(18)19)5-7(9)6-13/h3-5,10-11,15-16H,2H2,1H3. The summed E-state index contributed by atoms with van der Waals surface area (Å²) in [6.07, 6.45) is -3.58. The fourth-order valence-electron chi connectivity index (χ4n) is 1.54. The van der Waals surface area contributed by atoms with E-state index >= 15 is 0 Å². The van der Waals surface area contributed by atoms with Crippen molar-refractivity contribution < 1.29 is 24.7 Å². The summed E-state index contributed by atoms with van der Waals surface area (Å²) in [6.45, 7) is 1.55. The Kier molecular flexibility index (Phi) is 5.14. The van der Waals surface area contributed by atoms with E-state index in [1.165, 1.54) is 6.92 Å². The van der Waals surface area contributed by atoms with Gasteiger partial charge in [0, 0.05) is 17.7 Å². The number of carbonyl (C=O) groups excluding carboxylic acids is 1. The van der Waals surface area contributed by atoms with Gasteiger partial charge in [-0.15, -0.1) is 0 Å². The van der Waals surface area contributed by atoms with Gasteiger partial charge < -0.3 is 14.9 Å². The summed E-state index contributed by atoms with van der Waals surface area (Å²) in [5, 5.41) is 39.0. The van der Waals surface area contributed by atoms with Crippen LogP contribution in [0.15, 0.2) is 18.2 Å². The predicted octanol–water partition coefficient (Wildman–Crippen LogP) is 0.424. The van der Waals surface area contributed by atoms with Gasteiger partial charge in [0.1, 0.15) is 6.10 Å². The molecule has 2 atom stereocenters. The molecule has 2 N–H and O–H groups in total. The topological polar surface area (TPSA) is 134 Å². The van der Waals surface area contributed by atoms with Crippen molar-refractivity contribution in [1.29, 1.82) is 5.26 Å². The number of nitro groups is 1. The Morgan fingerprint density at radius 2 is 2.20 bits per heavy atom. The summed E-state index contributed by atoms with van der Waals surface area (Å²) < 4.78 is 4.54. The SMILES string of the molecule is CCOC(=O)C(O)C(O)c1ccc([N+](=O)[O-])cc1C#N. The van der Waals surface area contributed by atoms with Crippen LogP contribution in [0.25, 0.3) is 0 Å². The number of ether oxygens (including phenoxy) is 1. The summed E-state index contributed by atoms with van der Waals surface area (Å²) in [7, 11) is 0. The zero-order chi connectivity index (χ0) is 15.3. The molecule has 0 spiro atoms. The highest BCUT2D eigenvalue weighted by molar-refractivity contribution is 5.75. The number of aliphatic hydroxyl groups excluding tert-OH is 2. The first-order valence-electron chi connectivity index (χ1n) is 5.63. The van der Waals surface area contributed by atoms with Crippen molar-refractivity contribution in [2.24, 2.45) is 0 Å². The van der Waals surface area contributed by atoms with Crippen LogP contribution in [0.3, 0.4) is 0 Å². The van der Waals surface area contributed by atoms with Gasteiger partial charge in [-0.05, 0) is 13.0 Å². The zero-order valence-electron chi connectivity index (χ0n) is 10.5. The summed E-state index contributed by atoms with van der Waals surface area (Å²) in [5.74, 6) is -1.04. The normalized spacial score (nSPS) is 13.1. The van der Waals surface area contributed by atoms with E-state index in [0.29, 0.717) is 0 Å². The van der Waals surface area contributed by atoms with Gasteiger partial charge >= 0.3 is 5.97 Å². The average Bonchev–Trinajstić information content (AvgIpc) is 2.45. The third-order valence-corrected chi connectivity index (χ3v) is 2.51. The molecule has 0 aliphatic rings. The molecular weight excluding hydrogens is 268 g/mol. The fourth-order valence-corrected chi connectivity index (χ4v) is 1.54. The molecule has 0 saturated heterocycles. The summed E-state index contributed by atoms with van der Waals surface area (Å²) in [5.41, 5.74) is -0.614. The Labute approximate surface area is 114 Å². The maximum Gasteiger partial charge on any atom is 0.338 e. The molecule has 0 amide bonds. The van der Waals surface area contributed by atoms with E-state index in [4.69, 9.17) is 5.26 Å². The van der Waals surface area contributed by atoms with Gasteiger partial charge in [0.25, 0.3) is 5.69 Å². The summed E-state index contributed by atoms with van der Waals surface area (Å²) in [6, 6.07) is 4.81. The van der Waals surface area contributed by atoms with E-state index in [1.54, 1.807) is 6.07 Å². The van der Waals surface area contributed by atoms with E-state index in [-0.39, 0.29) is 23.4 Å². The van der Waals surface area contributed by atoms with Crippen LogP contribution < -0.4 is 0 Å². The van der Waals surface area contributed by atoms with Gasteiger partial charge in [-0.3, -0.25) is 10.1 Å². The highest BCUT2D eigenvalue weighted by Crippen LogP contribution is 2.25. The Morgan fingerprint density at radius 3 is 2.70 bits per heavy atom. The number of nitro benzene ring substituents is 1. The van der Waals surface area contributed by atoms with Crippen LogP contribution in [-0.2, 0) is 9.53 Å². The van der Waals surface area contributed by atoms with Crippen molar-refractivity contribution in [2.45, 2.75) is 19.1 Å². The lowest BCUT2D eigenvalue weighted by atomic mass is 9.98. The minimum atomic E-state index is -1.87. The molecule has 1 rings (SSSR count). The third kappa shape index (κ3) is 3.28. The number of nitriles is 1. The Balaban J connectivity index is 3.10. The van der Waals surface area contributed by atoms with Crippen molar-refractivity contribution in [2.75, 3.05) is 6.61 Å². The molecule has 0 fully saturated rings. The second-order valence-corrected chi connectivity index (χ2v) is 3.78. The van der Waals surface area contributed by atoms with Crippen LogP contribution in [0.4, 0.5) is 5.69 Å². The molecule has 0 aliphatic carbocycles. The van der Waals surface area contributed by atoms with E-state index in [0.717, 1.165) is 18.2 Å².